The third kappa shape index (κ3) is 3.26. The van der Waals surface area contributed by atoms with Crippen molar-refractivity contribution in [2.75, 3.05) is 5.75 Å². The lowest BCUT2D eigenvalue weighted by Gasteiger charge is -2.26. The lowest BCUT2D eigenvalue weighted by atomic mass is 9.79. The standard InChI is InChI=1S/C28H28S/c1-28(2)25-19-21(20-11-7-6-8-12-20)14-15-22(25)23-16-17-26-24(27(23)28)13-9-4-3-5-10-18-29-26/h4,6-9,11-12,14-17,19H,3,5,10,13,18H2,1-2H3/b9-4-. The van der Waals surface area contributed by atoms with Crippen molar-refractivity contribution in [2.24, 2.45) is 0 Å². The van der Waals surface area contributed by atoms with Crippen molar-refractivity contribution in [1.82, 2.24) is 0 Å². The summed E-state index contributed by atoms with van der Waals surface area (Å²) in [6.45, 7) is 4.83. The van der Waals surface area contributed by atoms with Crippen LogP contribution in [-0.2, 0) is 11.8 Å². The lowest BCUT2D eigenvalue weighted by molar-refractivity contribution is 0.650. The second-order valence-corrected chi connectivity index (χ2v) is 9.87. The van der Waals surface area contributed by atoms with Crippen LogP contribution in [0.3, 0.4) is 0 Å². The third-order valence-corrected chi connectivity index (χ3v) is 7.68. The van der Waals surface area contributed by atoms with Gasteiger partial charge in [0.15, 0.2) is 0 Å². The fourth-order valence-electron chi connectivity index (χ4n) is 5.01. The molecule has 1 heterocycles. The summed E-state index contributed by atoms with van der Waals surface area (Å²) in [6.07, 6.45) is 9.67. The van der Waals surface area contributed by atoms with Crippen molar-refractivity contribution in [3.8, 4) is 22.3 Å². The minimum atomic E-state index is 0.0271. The molecule has 5 rings (SSSR count). The Morgan fingerprint density at radius 1 is 0.793 bits per heavy atom. The summed E-state index contributed by atoms with van der Waals surface area (Å²) >= 11 is 2.06. The van der Waals surface area contributed by atoms with E-state index >= 15 is 0 Å². The van der Waals surface area contributed by atoms with Crippen LogP contribution in [0.2, 0.25) is 0 Å². The zero-order chi connectivity index (χ0) is 19.8. The zero-order valence-electron chi connectivity index (χ0n) is 17.4. The Morgan fingerprint density at radius 2 is 1.62 bits per heavy atom. The van der Waals surface area contributed by atoms with E-state index in [0.29, 0.717) is 0 Å². The van der Waals surface area contributed by atoms with Crippen molar-refractivity contribution in [3.63, 3.8) is 0 Å². The van der Waals surface area contributed by atoms with Gasteiger partial charge in [-0.1, -0.05) is 74.5 Å². The first kappa shape index (κ1) is 18.8. The Bertz CT molecular complexity index is 1070. The average Bonchev–Trinajstić information content (AvgIpc) is 2.99. The summed E-state index contributed by atoms with van der Waals surface area (Å²) in [5, 5.41) is 0. The van der Waals surface area contributed by atoms with Gasteiger partial charge in [-0.3, -0.25) is 0 Å². The van der Waals surface area contributed by atoms with Gasteiger partial charge in [-0.2, -0.15) is 0 Å². The molecule has 0 unspecified atom stereocenters. The van der Waals surface area contributed by atoms with Gasteiger partial charge in [-0.25, -0.2) is 0 Å². The number of hydrogen-bond acceptors (Lipinski definition) is 1. The maximum absolute atomic E-state index is 2.43. The first-order chi connectivity index (χ1) is 14.2. The predicted molar refractivity (Wildman–Crippen MR) is 127 cm³/mol. The second-order valence-electron chi connectivity index (χ2n) is 8.74. The quantitative estimate of drug-likeness (QED) is 0.375. The van der Waals surface area contributed by atoms with Gasteiger partial charge in [0.2, 0.25) is 0 Å². The van der Waals surface area contributed by atoms with Crippen LogP contribution in [-0.4, -0.2) is 5.75 Å². The average molecular weight is 397 g/mol. The normalized spacial score (nSPS) is 18.4. The first-order valence-electron chi connectivity index (χ1n) is 10.8. The zero-order valence-corrected chi connectivity index (χ0v) is 18.2. The Hall–Kier alpha value is -2.25. The molecule has 1 aliphatic heterocycles. The Balaban J connectivity index is 1.66. The van der Waals surface area contributed by atoms with Crippen LogP contribution in [0.5, 0.6) is 0 Å². The van der Waals surface area contributed by atoms with Gasteiger partial charge < -0.3 is 0 Å². The van der Waals surface area contributed by atoms with E-state index < -0.39 is 0 Å². The molecule has 29 heavy (non-hydrogen) atoms. The number of thioether (sulfide) groups is 1. The van der Waals surface area contributed by atoms with Gasteiger partial charge in [0.05, 0.1) is 0 Å². The van der Waals surface area contributed by atoms with E-state index in [9.17, 15) is 0 Å². The van der Waals surface area contributed by atoms with Gasteiger partial charge in [-0.15, -0.1) is 11.8 Å². The maximum Gasteiger partial charge on any atom is 0.0162 e. The van der Waals surface area contributed by atoms with Crippen LogP contribution in [0.4, 0.5) is 0 Å². The Morgan fingerprint density at radius 3 is 2.48 bits per heavy atom. The molecule has 2 aliphatic rings. The minimum Gasteiger partial charge on any atom is -0.126 e. The van der Waals surface area contributed by atoms with Crippen LogP contribution in [0.15, 0.2) is 77.7 Å². The van der Waals surface area contributed by atoms with Crippen molar-refractivity contribution in [2.45, 2.75) is 49.8 Å². The van der Waals surface area contributed by atoms with E-state index in [1.54, 1.807) is 11.1 Å². The van der Waals surface area contributed by atoms with Gasteiger partial charge in [0, 0.05) is 10.3 Å². The Labute approximate surface area is 179 Å². The summed E-state index contributed by atoms with van der Waals surface area (Å²) in [6, 6.07) is 22.6. The van der Waals surface area contributed by atoms with E-state index in [1.807, 2.05) is 0 Å². The summed E-state index contributed by atoms with van der Waals surface area (Å²) in [5.41, 5.74) is 10.1. The molecule has 0 nitrogen and oxygen atoms in total. The van der Waals surface area contributed by atoms with Crippen molar-refractivity contribution in [3.05, 3.63) is 89.5 Å². The molecule has 3 aromatic carbocycles. The van der Waals surface area contributed by atoms with E-state index in [0.717, 1.165) is 6.42 Å². The van der Waals surface area contributed by atoms with E-state index in [1.165, 1.54) is 57.7 Å². The van der Waals surface area contributed by atoms with Crippen LogP contribution >= 0.6 is 11.8 Å². The summed E-state index contributed by atoms with van der Waals surface area (Å²) in [7, 11) is 0. The smallest absolute Gasteiger partial charge is 0.0162 e. The van der Waals surface area contributed by atoms with E-state index in [2.05, 4.69) is 98.4 Å². The van der Waals surface area contributed by atoms with Crippen molar-refractivity contribution < 1.29 is 0 Å². The van der Waals surface area contributed by atoms with Gasteiger partial charge in [0.1, 0.15) is 0 Å². The molecule has 0 saturated carbocycles. The number of allylic oxidation sites excluding steroid dienone is 2. The molecule has 0 fully saturated rings. The van der Waals surface area contributed by atoms with Crippen LogP contribution in [0.1, 0.15) is 49.8 Å². The molecule has 1 heteroatoms. The highest BCUT2D eigenvalue weighted by molar-refractivity contribution is 7.99. The highest BCUT2D eigenvalue weighted by Gasteiger charge is 2.38. The van der Waals surface area contributed by atoms with Crippen LogP contribution < -0.4 is 0 Å². The third-order valence-electron chi connectivity index (χ3n) is 6.50. The SMILES string of the molecule is CC1(C)c2cc(-c3ccccc3)ccc2-c2ccc3c(c21)C/C=C\CCCCS3. The highest BCUT2D eigenvalue weighted by atomic mass is 32.2. The summed E-state index contributed by atoms with van der Waals surface area (Å²) in [5.74, 6) is 1.23. The number of hydrogen-bond donors (Lipinski definition) is 0. The largest absolute Gasteiger partial charge is 0.126 e. The molecule has 0 N–H and O–H groups in total. The van der Waals surface area contributed by atoms with E-state index in [4.69, 9.17) is 0 Å². The molecule has 3 aromatic rings. The first-order valence-corrected chi connectivity index (χ1v) is 11.8. The topological polar surface area (TPSA) is 0 Å². The number of fused-ring (bicyclic) bond motifs is 5. The maximum atomic E-state index is 2.43. The number of benzene rings is 3. The highest BCUT2D eigenvalue weighted by Crippen LogP contribution is 2.52. The van der Waals surface area contributed by atoms with Crippen LogP contribution in [0, 0.1) is 0 Å². The molecule has 0 atom stereocenters. The van der Waals surface area contributed by atoms with Crippen LogP contribution in [0.25, 0.3) is 22.3 Å². The second kappa shape index (κ2) is 7.54. The molecule has 0 aromatic heterocycles. The van der Waals surface area contributed by atoms with Gasteiger partial charge in [-0.05, 0) is 82.5 Å². The molecule has 0 radical (unpaired) electrons. The summed E-state index contributed by atoms with van der Waals surface area (Å²) < 4.78 is 0. The molecule has 0 spiro atoms. The Kier molecular flexibility index (Phi) is 4.87. The fraction of sp³-hybridized carbons (Fsp3) is 0.286. The molecule has 0 amide bonds. The molecule has 0 saturated heterocycles. The predicted octanol–water partition coefficient (Wildman–Crippen LogP) is 8.03. The van der Waals surface area contributed by atoms with Gasteiger partial charge in [0.25, 0.3) is 0 Å². The van der Waals surface area contributed by atoms with Crippen molar-refractivity contribution in [1.29, 1.82) is 0 Å². The number of rotatable bonds is 1. The van der Waals surface area contributed by atoms with E-state index in [-0.39, 0.29) is 5.41 Å². The summed E-state index contributed by atoms with van der Waals surface area (Å²) in [4.78, 5) is 1.49. The monoisotopic (exact) mass is 396 g/mol. The lowest BCUT2D eigenvalue weighted by Crippen LogP contribution is -2.18. The fourth-order valence-corrected chi connectivity index (χ4v) is 6.10. The molecule has 1 aliphatic carbocycles. The molecular weight excluding hydrogens is 368 g/mol. The van der Waals surface area contributed by atoms with Crippen molar-refractivity contribution >= 4 is 11.8 Å². The molecule has 0 bridgehead atoms. The van der Waals surface area contributed by atoms with Gasteiger partial charge >= 0.3 is 0 Å². The molecular formula is C28H28S. The molecule has 146 valence electrons. The minimum absolute atomic E-state index is 0.0271.